The highest BCUT2D eigenvalue weighted by Crippen LogP contribution is 1.97. The average molecular weight is 307 g/mol. The zero-order chi connectivity index (χ0) is 17.1. The molecule has 0 radical (unpaired) electrons. The predicted octanol–water partition coefficient (Wildman–Crippen LogP) is 5.70. The Morgan fingerprint density at radius 3 is 1.57 bits per heavy atom. The first kappa shape index (κ1) is 23.7. The highest BCUT2D eigenvalue weighted by atomic mass is 35.5. The summed E-state index contributed by atoms with van der Waals surface area (Å²) in [4.78, 5) is 9.25. The van der Waals surface area contributed by atoms with Gasteiger partial charge < -0.3 is 5.11 Å². The van der Waals surface area contributed by atoms with E-state index in [9.17, 15) is 4.79 Å². The van der Waals surface area contributed by atoms with Crippen molar-refractivity contribution in [3.8, 4) is 0 Å². The number of carboxylic acid groups (broad SMARTS) is 1. The summed E-state index contributed by atoms with van der Waals surface area (Å²) in [6.07, 6.45) is 4.39. The molecule has 0 unspecified atom stereocenters. The zero-order valence-electron chi connectivity index (χ0n) is 12.5. The van der Waals surface area contributed by atoms with Crippen molar-refractivity contribution in [3.05, 3.63) is 92.1 Å². The normalized spacial score (nSPS) is 6.95. The first-order valence-electron chi connectivity index (χ1n) is 5.91. The van der Waals surface area contributed by atoms with Crippen LogP contribution in [0.25, 0.3) is 6.08 Å². The molecule has 0 atom stereocenters. The smallest absolute Gasteiger partial charge is 0.327 e. The van der Waals surface area contributed by atoms with Crippen LogP contribution < -0.4 is 0 Å². The Bertz CT molecular complexity index is 416. The van der Waals surface area contributed by atoms with Gasteiger partial charge in [0.05, 0.1) is 0 Å². The van der Waals surface area contributed by atoms with Gasteiger partial charge in [0, 0.05) is 6.08 Å². The number of halogens is 1. The maximum absolute atomic E-state index is 9.25. The Morgan fingerprint density at radius 1 is 1.10 bits per heavy atom. The lowest BCUT2D eigenvalue weighted by molar-refractivity contribution is -0.131. The Morgan fingerprint density at radius 2 is 1.43 bits per heavy atom. The Labute approximate surface area is 133 Å². The van der Waals surface area contributed by atoms with E-state index in [0.717, 1.165) is 11.6 Å². The standard InChI is InChI=1S/C8H8.C5H8.C3H4O2.C2H3Cl/c1-2-8-6-4-3-5-7-8;1-4-5(2)3;1-2-3(4)5;1-2-3/h2-7H,1H2;4H,1-2H2,3H3;2H,1H2,(H,4,5);2H,1H2. The molecule has 2 nitrogen and oxygen atoms in total. The van der Waals surface area contributed by atoms with Crippen LogP contribution in [0.5, 0.6) is 0 Å². The van der Waals surface area contributed by atoms with E-state index in [1.807, 2.05) is 43.3 Å². The number of rotatable bonds is 3. The summed E-state index contributed by atoms with van der Waals surface area (Å²) in [6, 6.07) is 10.0. The van der Waals surface area contributed by atoms with Crippen LogP contribution in [0.4, 0.5) is 0 Å². The molecular weight excluding hydrogens is 284 g/mol. The summed E-state index contributed by atoms with van der Waals surface area (Å²) in [5, 5.41) is 7.60. The number of hydrogen-bond acceptors (Lipinski definition) is 1. The Balaban J connectivity index is -0.000000221. The van der Waals surface area contributed by atoms with E-state index in [1.165, 1.54) is 11.1 Å². The number of carbonyl (C=O) groups is 1. The number of allylic oxidation sites excluding steroid dienone is 2. The van der Waals surface area contributed by atoms with Crippen LogP contribution in [0.1, 0.15) is 12.5 Å². The van der Waals surface area contributed by atoms with Crippen molar-refractivity contribution in [2.75, 3.05) is 0 Å². The lowest BCUT2D eigenvalue weighted by atomic mass is 10.2. The second kappa shape index (κ2) is 20.0. The molecule has 0 bridgehead atoms. The van der Waals surface area contributed by atoms with Gasteiger partial charge in [0.2, 0.25) is 0 Å². The third kappa shape index (κ3) is 31.9. The molecule has 0 aliphatic carbocycles. The van der Waals surface area contributed by atoms with Crippen LogP contribution in [0, 0.1) is 0 Å². The largest absolute Gasteiger partial charge is 0.478 e. The van der Waals surface area contributed by atoms with Gasteiger partial charge in [-0.2, -0.15) is 0 Å². The molecule has 21 heavy (non-hydrogen) atoms. The van der Waals surface area contributed by atoms with Gasteiger partial charge in [-0.25, -0.2) is 4.79 Å². The number of carboxylic acids is 1. The Hall–Kier alpha value is -2.32. The molecule has 0 fully saturated rings. The van der Waals surface area contributed by atoms with Crippen LogP contribution in [-0.2, 0) is 4.79 Å². The van der Waals surface area contributed by atoms with Crippen LogP contribution >= 0.6 is 11.6 Å². The second-order valence-electron chi connectivity index (χ2n) is 3.36. The molecule has 0 spiro atoms. The quantitative estimate of drug-likeness (QED) is 0.574. The summed E-state index contributed by atoms with van der Waals surface area (Å²) in [5.41, 5.74) is 3.41. The molecule has 1 aromatic carbocycles. The van der Waals surface area contributed by atoms with Crippen LogP contribution in [-0.4, -0.2) is 11.1 Å². The van der Waals surface area contributed by atoms with Gasteiger partial charge in [0.25, 0.3) is 0 Å². The third-order valence-corrected chi connectivity index (χ3v) is 1.56. The Kier molecular flexibility index (Phi) is 22.6. The van der Waals surface area contributed by atoms with Crippen molar-refractivity contribution in [3.63, 3.8) is 0 Å². The van der Waals surface area contributed by atoms with Gasteiger partial charge in [-0.05, 0) is 18.0 Å². The fraction of sp³-hybridized carbons (Fsp3) is 0.0556. The van der Waals surface area contributed by atoms with Gasteiger partial charge >= 0.3 is 5.97 Å². The lowest BCUT2D eigenvalue weighted by Crippen LogP contribution is -1.82. The molecule has 3 heteroatoms. The summed E-state index contributed by atoms with van der Waals surface area (Å²) in [7, 11) is 0. The van der Waals surface area contributed by atoms with Gasteiger partial charge in [-0.3, -0.25) is 0 Å². The molecular formula is C18H23ClO2. The van der Waals surface area contributed by atoms with E-state index >= 15 is 0 Å². The molecule has 0 saturated heterocycles. The molecule has 0 heterocycles. The maximum Gasteiger partial charge on any atom is 0.327 e. The highest BCUT2D eigenvalue weighted by molar-refractivity contribution is 6.25. The number of aliphatic carboxylic acids is 1. The maximum atomic E-state index is 9.25. The predicted molar refractivity (Wildman–Crippen MR) is 95.4 cm³/mol. The van der Waals surface area contributed by atoms with E-state index in [1.54, 1.807) is 6.08 Å². The molecule has 1 rings (SSSR count). The summed E-state index contributed by atoms with van der Waals surface area (Å²) in [6.45, 7) is 18.6. The zero-order valence-corrected chi connectivity index (χ0v) is 13.2. The minimum atomic E-state index is -0.981. The van der Waals surface area contributed by atoms with E-state index in [2.05, 4.69) is 32.9 Å². The summed E-state index contributed by atoms with van der Waals surface area (Å²) >= 11 is 4.76. The minimum Gasteiger partial charge on any atom is -0.478 e. The molecule has 1 aromatic rings. The van der Waals surface area contributed by atoms with Gasteiger partial charge in [0.1, 0.15) is 0 Å². The molecule has 114 valence electrons. The van der Waals surface area contributed by atoms with Gasteiger partial charge in [0.15, 0.2) is 0 Å². The van der Waals surface area contributed by atoms with Crippen molar-refractivity contribution >= 4 is 23.6 Å². The van der Waals surface area contributed by atoms with Gasteiger partial charge in [-0.15, -0.1) is 0 Å². The van der Waals surface area contributed by atoms with E-state index < -0.39 is 5.97 Å². The molecule has 0 aliphatic heterocycles. The first-order chi connectivity index (χ1) is 9.89. The molecule has 0 aliphatic rings. The van der Waals surface area contributed by atoms with Crippen LogP contribution in [0.15, 0.2) is 86.5 Å². The van der Waals surface area contributed by atoms with Crippen LogP contribution in [0.2, 0.25) is 0 Å². The molecule has 1 N–H and O–H groups in total. The summed E-state index contributed by atoms with van der Waals surface area (Å²) < 4.78 is 0. The molecule has 0 saturated carbocycles. The van der Waals surface area contributed by atoms with Crippen molar-refractivity contribution in [1.29, 1.82) is 0 Å². The van der Waals surface area contributed by atoms with Crippen LogP contribution in [0.3, 0.4) is 0 Å². The summed E-state index contributed by atoms with van der Waals surface area (Å²) in [5.74, 6) is -0.981. The highest BCUT2D eigenvalue weighted by Gasteiger charge is 1.75. The number of benzene rings is 1. The second-order valence-corrected chi connectivity index (χ2v) is 3.67. The lowest BCUT2D eigenvalue weighted by Gasteiger charge is -1.85. The van der Waals surface area contributed by atoms with Crippen molar-refractivity contribution in [2.45, 2.75) is 6.92 Å². The van der Waals surface area contributed by atoms with E-state index in [-0.39, 0.29) is 0 Å². The number of hydrogen-bond donors (Lipinski definition) is 1. The first-order valence-corrected chi connectivity index (χ1v) is 6.35. The average Bonchev–Trinajstić information content (AvgIpc) is 2.50. The third-order valence-electron chi connectivity index (χ3n) is 1.56. The molecule has 0 aromatic heterocycles. The molecule has 0 amide bonds. The van der Waals surface area contributed by atoms with E-state index in [4.69, 9.17) is 16.7 Å². The van der Waals surface area contributed by atoms with Crippen molar-refractivity contribution < 1.29 is 9.90 Å². The SMILES string of the molecule is C=CC(=C)C.C=CC(=O)O.C=CCl.C=Cc1ccccc1. The topological polar surface area (TPSA) is 37.3 Å². The van der Waals surface area contributed by atoms with Crippen molar-refractivity contribution in [2.24, 2.45) is 0 Å². The monoisotopic (exact) mass is 306 g/mol. The van der Waals surface area contributed by atoms with E-state index in [0.29, 0.717) is 0 Å². The van der Waals surface area contributed by atoms with Crippen molar-refractivity contribution in [1.82, 2.24) is 0 Å². The fourth-order valence-electron chi connectivity index (χ4n) is 0.589. The minimum absolute atomic E-state index is 0.833. The van der Waals surface area contributed by atoms with Gasteiger partial charge in [-0.1, -0.05) is 92.6 Å². The fourth-order valence-corrected chi connectivity index (χ4v) is 0.589.